The highest BCUT2D eigenvalue weighted by Crippen LogP contribution is 2.40. The van der Waals surface area contributed by atoms with E-state index in [0.717, 1.165) is 0 Å². The van der Waals surface area contributed by atoms with Gasteiger partial charge in [0.2, 0.25) is 2.86 Å². The van der Waals surface area contributed by atoms with Crippen molar-refractivity contribution in [1.82, 2.24) is 0 Å². The molecule has 0 heterocycles. The van der Waals surface area contributed by atoms with Crippen LogP contribution in [-0.4, -0.2) is 31.2 Å². The molecule has 0 aromatic carbocycles. The molecular formula is C3H2F6O2. The molecule has 0 aliphatic rings. The van der Waals surface area contributed by atoms with E-state index in [4.69, 9.17) is 2.86 Å². The van der Waals surface area contributed by atoms with Crippen LogP contribution in [0.25, 0.3) is 0 Å². The van der Waals surface area contributed by atoms with Crippen molar-refractivity contribution in [2.45, 2.75) is 18.1 Å². The maximum absolute atomic E-state index is 11.7. The molecule has 0 unspecified atom stereocenters. The van der Waals surface area contributed by atoms with Crippen molar-refractivity contribution < 1.29 is 36.6 Å². The first-order valence-electron chi connectivity index (χ1n) is 2.86. The Balaban J connectivity index is 5.17. The molecule has 0 aromatic heterocycles. The first-order chi connectivity index (χ1) is 5.62. The van der Waals surface area contributed by atoms with E-state index in [-0.39, 0.29) is 0 Å². The van der Waals surface area contributed by atoms with Crippen LogP contribution in [0.5, 0.6) is 0 Å². The molecule has 8 heteroatoms. The Morgan fingerprint density at radius 2 is 1.09 bits per heavy atom. The number of alkyl halides is 6. The summed E-state index contributed by atoms with van der Waals surface area (Å²) >= 11 is 0. The fraction of sp³-hybridized carbons (Fsp3) is 1.00. The minimum absolute atomic E-state index is 2.41. The summed E-state index contributed by atoms with van der Waals surface area (Å²) in [6, 6.07) is 0. The van der Waals surface area contributed by atoms with Crippen LogP contribution in [0, 0.1) is 0 Å². The number of halogens is 6. The second-order valence-corrected chi connectivity index (χ2v) is 1.61. The van der Waals surface area contributed by atoms with Gasteiger partial charge in [-0.2, -0.15) is 26.3 Å². The summed E-state index contributed by atoms with van der Waals surface area (Å²) in [6.07, 6.45) is -12.1. The molecule has 0 aliphatic heterocycles. The van der Waals surface area contributed by atoms with Gasteiger partial charge in [0.15, 0.2) is 0 Å². The summed E-state index contributed by atoms with van der Waals surface area (Å²) in [5, 5.41) is 4.81. The van der Waals surface area contributed by atoms with Crippen LogP contribution in [0.2, 0.25) is 0 Å². The average Bonchev–Trinajstić information content (AvgIpc) is 1.84. The third-order valence-corrected chi connectivity index (χ3v) is 0.746. The highest BCUT2D eigenvalue weighted by atomic mass is 19.4. The first kappa shape index (κ1) is 7.17. The number of aliphatic hydroxyl groups is 2. The summed E-state index contributed by atoms with van der Waals surface area (Å²) < 4.78 is 81.2. The summed E-state index contributed by atoms with van der Waals surface area (Å²) in [5.74, 6) is -5.21. The van der Waals surface area contributed by atoms with Gasteiger partial charge >= 0.3 is 18.1 Å². The Hall–Kier alpha value is -0.500. The lowest BCUT2D eigenvalue weighted by Crippen LogP contribution is -2.56. The van der Waals surface area contributed by atoms with Crippen LogP contribution in [0.3, 0.4) is 0 Å². The summed E-state index contributed by atoms with van der Waals surface area (Å²) in [7, 11) is 0. The van der Waals surface area contributed by atoms with E-state index >= 15 is 0 Å². The van der Waals surface area contributed by atoms with Crippen molar-refractivity contribution in [3.05, 3.63) is 0 Å². The van der Waals surface area contributed by atoms with Crippen LogP contribution in [0.1, 0.15) is 0 Å². The lowest BCUT2D eigenvalue weighted by Gasteiger charge is -2.26. The van der Waals surface area contributed by atoms with Crippen LogP contribution in [0.15, 0.2) is 0 Å². The van der Waals surface area contributed by atoms with Gasteiger partial charge in [-0.05, 0) is 0 Å². The molecule has 0 saturated carbocycles. The topological polar surface area (TPSA) is 40.5 Å². The van der Waals surface area contributed by atoms with Gasteiger partial charge in [0.05, 0.1) is 0 Å². The van der Waals surface area contributed by atoms with E-state index in [9.17, 15) is 26.3 Å². The fourth-order valence-electron chi connectivity index (χ4n) is 0.161. The smallest absolute Gasteiger partial charge is 0.352 e. The molecule has 0 saturated heterocycles. The molecule has 2 N–H and O–H groups in total. The quantitative estimate of drug-likeness (QED) is 0.494. The van der Waals surface area contributed by atoms with Crippen molar-refractivity contribution in [1.29, 1.82) is 2.86 Å². The largest absolute Gasteiger partial charge is 0.452 e. The zero-order valence-electron chi connectivity index (χ0n) is 6.58. The lowest BCUT2D eigenvalue weighted by molar-refractivity contribution is -0.445. The Labute approximate surface area is 59.0 Å². The van der Waals surface area contributed by atoms with Crippen molar-refractivity contribution >= 4 is 0 Å². The zero-order valence-corrected chi connectivity index (χ0v) is 4.58. The molecule has 0 aromatic rings. The van der Waals surface area contributed by atoms with E-state index in [1.54, 1.807) is 0 Å². The van der Waals surface area contributed by atoms with Crippen molar-refractivity contribution in [2.24, 2.45) is 0 Å². The van der Waals surface area contributed by atoms with Crippen LogP contribution < -0.4 is 0 Å². The highest BCUT2D eigenvalue weighted by Gasteiger charge is 2.70. The molecule has 11 heavy (non-hydrogen) atoms. The Bertz CT molecular complexity index is 156. The fourth-order valence-corrected chi connectivity index (χ4v) is 0.161. The van der Waals surface area contributed by atoms with E-state index < -0.39 is 18.1 Å². The van der Waals surface area contributed by atoms with E-state index in [1.165, 1.54) is 0 Å². The van der Waals surface area contributed by atoms with Crippen LogP contribution in [-0.2, 0) is 0 Å². The highest BCUT2D eigenvalue weighted by molar-refractivity contribution is 4.81. The standard InChI is InChI=1S/C3H2F6O2/c4-2(5,6)1(10,11)3(7,8)9/h10-11H/i10D,11D. The van der Waals surface area contributed by atoms with Crippen LogP contribution >= 0.6 is 0 Å². The minimum atomic E-state index is -6.05. The SMILES string of the molecule is [2H]OC(O[2H])(C(F)(F)F)C(F)(F)F. The third kappa shape index (κ3) is 1.74. The van der Waals surface area contributed by atoms with Gasteiger partial charge in [-0.15, -0.1) is 0 Å². The van der Waals surface area contributed by atoms with Gasteiger partial charge < -0.3 is 10.2 Å². The number of rotatable bonds is 2. The lowest BCUT2D eigenvalue weighted by atomic mass is 10.3. The third-order valence-electron chi connectivity index (χ3n) is 0.746. The maximum Gasteiger partial charge on any atom is 0.452 e. The van der Waals surface area contributed by atoms with Gasteiger partial charge in [-0.3, -0.25) is 0 Å². The van der Waals surface area contributed by atoms with Crippen molar-refractivity contribution in [2.75, 3.05) is 0 Å². The second-order valence-electron chi connectivity index (χ2n) is 1.61. The summed E-state index contributed by atoms with van der Waals surface area (Å²) in [6.45, 7) is 0. The molecule has 0 spiro atoms. The summed E-state index contributed by atoms with van der Waals surface area (Å²) in [4.78, 5) is 0. The predicted molar refractivity (Wildman–Crippen MR) is 19.3 cm³/mol. The molecule has 0 aliphatic carbocycles. The molecule has 0 atom stereocenters. The first-order valence-corrected chi connectivity index (χ1v) is 2.04. The summed E-state index contributed by atoms with van der Waals surface area (Å²) in [5.41, 5.74) is 0. The molecule has 68 valence electrons. The van der Waals surface area contributed by atoms with Gasteiger partial charge in [0.1, 0.15) is 0 Å². The van der Waals surface area contributed by atoms with E-state index in [2.05, 4.69) is 10.2 Å². The van der Waals surface area contributed by atoms with Gasteiger partial charge in [0, 0.05) is 0 Å². The Morgan fingerprint density at radius 3 is 1.09 bits per heavy atom. The van der Waals surface area contributed by atoms with E-state index in [0.29, 0.717) is 0 Å². The van der Waals surface area contributed by atoms with Crippen LogP contribution in [0.4, 0.5) is 26.3 Å². The molecule has 2 nitrogen and oxygen atoms in total. The predicted octanol–water partition coefficient (Wildman–Crippen LogP) is 0.792. The second kappa shape index (κ2) is 2.24. The van der Waals surface area contributed by atoms with E-state index in [1.807, 2.05) is 0 Å². The zero-order chi connectivity index (χ0) is 10.9. The van der Waals surface area contributed by atoms with Gasteiger partial charge in [-0.1, -0.05) is 0 Å². The monoisotopic (exact) mass is 186 g/mol. The van der Waals surface area contributed by atoms with Gasteiger partial charge in [0.25, 0.3) is 0 Å². The maximum atomic E-state index is 11.7. The van der Waals surface area contributed by atoms with Crippen molar-refractivity contribution in [3.63, 3.8) is 0 Å². The molecule has 0 bridgehead atoms. The minimum Gasteiger partial charge on any atom is -0.352 e. The molecule has 0 rings (SSSR count). The number of hydrogen-bond acceptors (Lipinski definition) is 2. The molecule has 0 fully saturated rings. The molecule has 0 amide bonds. The Morgan fingerprint density at radius 1 is 0.818 bits per heavy atom. The van der Waals surface area contributed by atoms with Crippen molar-refractivity contribution in [3.8, 4) is 0 Å². The molecular weight excluding hydrogens is 182 g/mol. The molecule has 0 radical (unpaired) electrons. The number of hydrogen-bond donors (Lipinski definition) is 2. The average molecular weight is 186 g/mol. The van der Waals surface area contributed by atoms with Gasteiger partial charge in [-0.25, -0.2) is 0 Å². The normalized spacial score (nSPS) is 17.6. The Kier molecular flexibility index (Phi) is 1.46.